The van der Waals surface area contributed by atoms with Crippen LogP contribution in [0.4, 0.5) is 0 Å². The second-order valence-corrected chi connectivity index (χ2v) is 5.64. The lowest BCUT2D eigenvalue weighted by atomic mass is 9.96. The van der Waals surface area contributed by atoms with Gasteiger partial charge in [-0.15, -0.1) is 0 Å². The van der Waals surface area contributed by atoms with Gasteiger partial charge in [-0.25, -0.2) is 0 Å². The predicted molar refractivity (Wildman–Crippen MR) is 76.9 cm³/mol. The first-order valence-electron chi connectivity index (χ1n) is 6.77. The third-order valence-electron chi connectivity index (χ3n) is 3.71. The molecular formula is C15H19N3O3. The van der Waals surface area contributed by atoms with Gasteiger partial charge in [0.2, 0.25) is 11.8 Å². The number of carbonyl (C=O) groups is 3. The smallest absolute Gasteiger partial charge is 0.252 e. The zero-order chi connectivity index (χ0) is 15.6. The summed E-state index contributed by atoms with van der Waals surface area (Å²) >= 11 is 0. The Bertz CT molecular complexity index is 569. The molecule has 1 fully saturated rings. The average Bonchev–Trinajstić information content (AvgIpc) is 2.44. The number of hydrogen-bond acceptors (Lipinski definition) is 4. The summed E-state index contributed by atoms with van der Waals surface area (Å²) in [6.45, 7) is 3.10. The van der Waals surface area contributed by atoms with E-state index in [2.05, 4.69) is 5.32 Å². The average molecular weight is 289 g/mol. The molecule has 0 aromatic heterocycles. The summed E-state index contributed by atoms with van der Waals surface area (Å²) in [4.78, 5) is 37.0. The molecule has 112 valence electrons. The minimum absolute atomic E-state index is 0.0496. The first kappa shape index (κ1) is 15.2. The first-order chi connectivity index (χ1) is 9.82. The van der Waals surface area contributed by atoms with Crippen LogP contribution >= 0.6 is 0 Å². The van der Waals surface area contributed by atoms with E-state index in [1.807, 2.05) is 30.3 Å². The molecule has 2 rings (SSSR count). The number of carbonyl (C=O) groups excluding carboxylic acids is 3. The standard InChI is InChI=1S/C15H19N3O3/c1-15(2)14(21)17-12(19)9-18(15)13(20)8-11(16)10-6-4-3-5-7-10/h3-7,11H,8-9,16H2,1-2H3,(H,17,19,21). The summed E-state index contributed by atoms with van der Waals surface area (Å²) in [5, 5.41) is 2.24. The fourth-order valence-corrected chi connectivity index (χ4v) is 2.30. The highest BCUT2D eigenvalue weighted by Crippen LogP contribution is 2.22. The number of nitrogens with one attached hydrogen (secondary N) is 1. The van der Waals surface area contributed by atoms with E-state index in [0.29, 0.717) is 0 Å². The number of piperazine rings is 1. The molecule has 1 aromatic rings. The van der Waals surface area contributed by atoms with Gasteiger partial charge in [-0.1, -0.05) is 30.3 Å². The SMILES string of the molecule is CC1(C)C(=O)NC(=O)CN1C(=O)CC(N)c1ccccc1. The van der Waals surface area contributed by atoms with Gasteiger partial charge in [0.05, 0.1) is 0 Å². The van der Waals surface area contributed by atoms with E-state index in [4.69, 9.17) is 5.73 Å². The van der Waals surface area contributed by atoms with Crippen LogP contribution < -0.4 is 11.1 Å². The molecule has 0 aliphatic carbocycles. The molecule has 1 atom stereocenters. The molecule has 0 saturated carbocycles. The highest BCUT2D eigenvalue weighted by molar-refractivity contribution is 6.06. The zero-order valence-electron chi connectivity index (χ0n) is 12.1. The van der Waals surface area contributed by atoms with E-state index in [9.17, 15) is 14.4 Å². The van der Waals surface area contributed by atoms with Gasteiger partial charge in [0, 0.05) is 12.5 Å². The number of imide groups is 1. The van der Waals surface area contributed by atoms with Gasteiger partial charge in [-0.2, -0.15) is 0 Å². The van der Waals surface area contributed by atoms with Crippen molar-refractivity contribution in [1.29, 1.82) is 0 Å². The number of nitrogens with zero attached hydrogens (tertiary/aromatic N) is 1. The third kappa shape index (κ3) is 3.11. The maximum Gasteiger partial charge on any atom is 0.252 e. The second kappa shape index (κ2) is 5.65. The monoisotopic (exact) mass is 289 g/mol. The molecule has 3 amide bonds. The molecule has 1 aromatic carbocycles. The van der Waals surface area contributed by atoms with E-state index < -0.39 is 23.4 Å². The Hall–Kier alpha value is -2.21. The number of nitrogens with two attached hydrogens (primary N) is 1. The van der Waals surface area contributed by atoms with Crippen LogP contribution in [-0.4, -0.2) is 34.7 Å². The molecule has 6 heteroatoms. The van der Waals surface area contributed by atoms with Crippen LogP contribution in [0.3, 0.4) is 0 Å². The van der Waals surface area contributed by atoms with Gasteiger partial charge in [0.25, 0.3) is 5.91 Å². The topological polar surface area (TPSA) is 92.5 Å². The molecular weight excluding hydrogens is 270 g/mol. The van der Waals surface area contributed by atoms with Crippen molar-refractivity contribution in [1.82, 2.24) is 10.2 Å². The van der Waals surface area contributed by atoms with E-state index in [1.54, 1.807) is 13.8 Å². The molecule has 1 aliphatic rings. The van der Waals surface area contributed by atoms with Crippen molar-refractivity contribution >= 4 is 17.7 Å². The molecule has 0 radical (unpaired) electrons. The normalized spacial score (nSPS) is 19.1. The Kier molecular flexibility index (Phi) is 4.09. The van der Waals surface area contributed by atoms with Crippen LogP contribution in [0.5, 0.6) is 0 Å². The largest absolute Gasteiger partial charge is 0.324 e. The maximum atomic E-state index is 12.4. The summed E-state index contributed by atoms with van der Waals surface area (Å²) in [6, 6.07) is 8.79. The van der Waals surface area contributed by atoms with Crippen molar-refractivity contribution in [2.24, 2.45) is 5.73 Å². The molecule has 0 spiro atoms. The summed E-state index contributed by atoms with van der Waals surface area (Å²) in [5.74, 6) is -1.25. The second-order valence-electron chi connectivity index (χ2n) is 5.64. The van der Waals surface area contributed by atoms with Crippen molar-refractivity contribution in [3.8, 4) is 0 Å². The first-order valence-corrected chi connectivity index (χ1v) is 6.77. The van der Waals surface area contributed by atoms with Crippen LogP contribution in [0.1, 0.15) is 31.9 Å². The highest BCUT2D eigenvalue weighted by atomic mass is 16.2. The van der Waals surface area contributed by atoms with Crippen LogP contribution in [0.15, 0.2) is 30.3 Å². The summed E-state index contributed by atoms with van der Waals surface area (Å²) < 4.78 is 0. The van der Waals surface area contributed by atoms with Crippen molar-refractivity contribution < 1.29 is 14.4 Å². The summed E-state index contributed by atoms with van der Waals surface area (Å²) in [5.41, 5.74) is 5.82. The summed E-state index contributed by atoms with van der Waals surface area (Å²) in [7, 11) is 0. The quantitative estimate of drug-likeness (QED) is 0.785. The van der Waals surface area contributed by atoms with Crippen molar-refractivity contribution in [3.63, 3.8) is 0 Å². The Morgan fingerprint density at radius 1 is 1.33 bits per heavy atom. The van der Waals surface area contributed by atoms with Crippen LogP contribution in [0.25, 0.3) is 0 Å². The van der Waals surface area contributed by atoms with E-state index in [-0.39, 0.29) is 18.9 Å². The Balaban J connectivity index is 2.12. The number of amides is 3. The highest BCUT2D eigenvalue weighted by Gasteiger charge is 2.43. The number of hydrogen-bond donors (Lipinski definition) is 2. The minimum atomic E-state index is -1.05. The van der Waals surface area contributed by atoms with Crippen LogP contribution in [0.2, 0.25) is 0 Å². The lowest BCUT2D eigenvalue weighted by molar-refractivity contribution is -0.155. The number of benzene rings is 1. The van der Waals surface area contributed by atoms with E-state index in [0.717, 1.165) is 5.56 Å². The zero-order valence-corrected chi connectivity index (χ0v) is 12.1. The number of rotatable bonds is 3. The molecule has 1 aliphatic heterocycles. The van der Waals surface area contributed by atoms with Gasteiger partial charge in [-0.3, -0.25) is 19.7 Å². The van der Waals surface area contributed by atoms with E-state index in [1.165, 1.54) is 4.90 Å². The van der Waals surface area contributed by atoms with Crippen LogP contribution in [0, 0.1) is 0 Å². The molecule has 1 unspecified atom stereocenters. The molecule has 6 nitrogen and oxygen atoms in total. The van der Waals surface area contributed by atoms with E-state index >= 15 is 0 Å². The van der Waals surface area contributed by atoms with Gasteiger partial charge in [0.15, 0.2) is 0 Å². The maximum absolute atomic E-state index is 12.4. The summed E-state index contributed by atoms with van der Waals surface area (Å²) in [6.07, 6.45) is 0.0496. The Labute approximate surface area is 123 Å². The van der Waals surface area contributed by atoms with Crippen LogP contribution in [-0.2, 0) is 14.4 Å². The lowest BCUT2D eigenvalue weighted by Crippen LogP contribution is -2.65. The van der Waals surface area contributed by atoms with Gasteiger partial charge >= 0.3 is 0 Å². The molecule has 1 saturated heterocycles. The third-order valence-corrected chi connectivity index (χ3v) is 3.71. The Morgan fingerprint density at radius 3 is 2.57 bits per heavy atom. The van der Waals surface area contributed by atoms with Gasteiger partial charge in [-0.05, 0) is 19.4 Å². The van der Waals surface area contributed by atoms with Crippen molar-refractivity contribution in [3.05, 3.63) is 35.9 Å². The fourth-order valence-electron chi connectivity index (χ4n) is 2.30. The molecule has 3 N–H and O–H groups in total. The lowest BCUT2D eigenvalue weighted by Gasteiger charge is -2.40. The molecule has 21 heavy (non-hydrogen) atoms. The molecule has 0 bridgehead atoms. The molecule has 1 heterocycles. The van der Waals surface area contributed by atoms with Crippen molar-refractivity contribution in [2.45, 2.75) is 31.8 Å². The fraction of sp³-hybridized carbons (Fsp3) is 0.400. The van der Waals surface area contributed by atoms with Gasteiger partial charge in [0.1, 0.15) is 12.1 Å². The predicted octanol–water partition coefficient (Wildman–Crippen LogP) is 0.340. The minimum Gasteiger partial charge on any atom is -0.324 e. The van der Waals surface area contributed by atoms with Crippen molar-refractivity contribution in [2.75, 3.05) is 6.54 Å². The van der Waals surface area contributed by atoms with Gasteiger partial charge < -0.3 is 10.6 Å². The Morgan fingerprint density at radius 2 is 1.95 bits per heavy atom.